The van der Waals surface area contributed by atoms with E-state index in [-0.39, 0.29) is 17.2 Å². The number of nitriles is 1. The summed E-state index contributed by atoms with van der Waals surface area (Å²) in [4.78, 5) is 22.4. The molecule has 0 unspecified atom stereocenters. The van der Waals surface area contributed by atoms with Crippen molar-refractivity contribution in [3.63, 3.8) is 0 Å². The number of nitro groups is 1. The van der Waals surface area contributed by atoms with Crippen molar-refractivity contribution >= 4 is 17.3 Å². The van der Waals surface area contributed by atoms with E-state index in [0.29, 0.717) is 11.3 Å². The zero-order chi connectivity index (χ0) is 15.7. The molecule has 1 heterocycles. The van der Waals surface area contributed by atoms with Gasteiger partial charge in [-0.15, -0.1) is 0 Å². The van der Waals surface area contributed by atoms with Crippen LogP contribution in [-0.2, 0) is 0 Å². The van der Waals surface area contributed by atoms with Crippen LogP contribution in [0.4, 0.5) is 11.4 Å². The maximum absolute atomic E-state index is 12.1. The second-order valence-electron chi connectivity index (χ2n) is 4.77. The van der Waals surface area contributed by atoms with Gasteiger partial charge in [0.2, 0.25) is 0 Å². The van der Waals surface area contributed by atoms with Gasteiger partial charge < -0.3 is 10.6 Å². The summed E-state index contributed by atoms with van der Waals surface area (Å²) in [6.45, 7) is 0. The predicted molar refractivity (Wildman–Crippen MR) is 78.1 cm³/mol. The van der Waals surface area contributed by atoms with Gasteiger partial charge in [-0.3, -0.25) is 14.9 Å². The van der Waals surface area contributed by atoms with Gasteiger partial charge >= 0.3 is 0 Å². The van der Waals surface area contributed by atoms with Gasteiger partial charge in [0.15, 0.2) is 0 Å². The highest BCUT2D eigenvalue weighted by Crippen LogP contribution is 2.29. The smallest absolute Gasteiger partial charge is 0.270 e. The largest absolute Gasteiger partial charge is 0.361 e. The maximum atomic E-state index is 12.1. The van der Waals surface area contributed by atoms with Crippen LogP contribution in [0.2, 0.25) is 0 Å². The first-order valence-electron chi connectivity index (χ1n) is 6.44. The highest BCUT2D eigenvalue weighted by Gasteiger charge is 2.26. The van der Waals surface area contributed by atoms with Crippen molar-refractivity contribution in [2.75, 3.05) is 5.32 Å². The molecule has 1 aliphatic rings. The number of hydrogen-bond donors (Lipinski definition) is 2. The number of fused-ring (bicyclic) bond motifs is 1. The van der Waals surface area contributed by atoms with Crippen LogP contribution in [-0.4, -0.2) is 10.8 Å². The fraction of sp³-hybridized carbons (Fsp3) is 0.0667. The Morgan fingerprint density at radius 2 is 1.86 bits per heavy atom. The molecule has 0 spiro atoms. The lowest BCUT2D eigenvalue weighted by Crippen LogP contribution is -2.38. The Morgan fingerprint density at radius 3 is 2.50 bits per heavy atom. The van der Waals surface area contributed by atoms with Gasteiger partial charge in [0.25, 0.3) is 11.6 Å². The van der Waals surface area contributed by atoms with Crippen LogP contribution in [0, 0.1) is 21.4 Å². The Balaban J connectivity index is 1.92. The van der Waals surface area contributed by atoms with Gasteiger partial charge in [-0.2, -0.15) is 5.26 Å². The SMILES string of the molecule is N#Cc1ccc([C@@H]2NC(=O)c3cc([N+](=O)[O-])ccc3N2)cc1. The summed E-state index contributed by atoms with van der Waals surface area (Å²) >= 11 is 0. The molecular weight excluding hydrogens is 284 g/mol. The van der Waals surface area contributed by atoms with Gasteiger partial charge in [0.05, 0.1) is 22.1 Å². The molecule has 0 saturated heterocycles. The summed E-state index contributed by atoms with van der Waals surface area (Å²) in [5.74, 6) is -0.383. The number of rotatable bonds is 2. The Hall–Kier alpha value is -3.40. The predicted octanol–water partition coefficient (Wildman–Crippen LogP) is 2.32. The molecule has 3 rings (SSSR count). The van der Waals surface area contributed by atoms with Crippen molar-refractivity contribution in [1.29, 1.82) is 5.26 Å². The van der Waals surface area contributed by atoms with Crippen molar-refractivity contribution < 1.29 is 9.72 Å². The topological polar surface area (TPSA) is 108 Å². The third kappa shape index (κ3) is 2.33. The number of nitrogens with zero attached hydrogens (tertiary/aromatic N) is 2. The number of amides is 1. The van der Waals surface area contributed by atoms with E-state index in [1.54, 1.807) is 24.3 Å². The lowest BCUT2D eigenvalue weighted by molar-refractivity contribution is -0.384. The highest BCUT2D eigenvalue weighted by atomic mass is 16.6. The van der Waals surface area contributed by atoms with Gasteiger partial charge in [-0.05, 0) is 23.8 Å². The van der Waals surface area contributed by atoms with Crippen molar-refractivity contribution in [3.8, 4) is 6.07 Å². The van der Waals surface area contributed by atoms with Crippen LogP contribution in [0.25, 0.3) is 0 Å². The first-order chi connectivity index (χ1) is 10.6. The third-order valence-corrected chi connectivity index (χ3v) is 3.41. The zero-order valence-electron chi connectivity index (χ0n) is 11.2. The Kier molecular flexibility index (Phi) is 3.20. The van der Waals surface area contributed by atoms with Gasteiger partial charge in [0, 0.05) is 17.8 Å². The van der Waals surface area contributed by atoms with E-state index in [9.17, 15) is 14.9 Å². The maximum Gasteiger partial charge on any atom is 0.270 e. The molecule has 1 aliphatic heterocycles. The molecule has 108 valence electrons. The second-order valence-corrected chi connectivity index (χ2v) is 4.77. The number of carbonyl (C=O) groups excluding carboxylic acids is 1. The normalized spacial score (nSPS) is 16.0. The minimum absolute atomic E-state index is 0.132. The van der Waals surface area contributed by atoms with Gasteiger partial charge in [-0.1, -0.05) is 12.1 Å². The molecule has 0 saturated carbocycles. The van der Waals surface area contributed by atoms with E-state index in [0.717, 1.165) is 5.56 Å². The molecular formula is C15H10N4O3. The molecule has 2 N–H and O–H groups in total. The van der Waals surface area contributed by atoms with Crippen molar-refractivity contribution in [1.82, 2.24) is 5.32 Å². The van der Waals surface area contributed by atoms with Crippen LogP contribution in [0.5, 0.6) is 0 Å². The molecule has 1 amide bonds. The fourth-order valence-electron chi connectivity index (χ4n) is 2.28. The summed E-state index contributed by atoms with van der Waals surface area (Å²) in [6, 6.07) is 12.9. The van der Waals surface area contributed by atoms with E-state index >= 15 is 0 Å². The first kappa shape index (κ1) is 13.6. The van der Waals surface area contributed by atoms with Crippen LogP contribution < -0.4 is 10.6 Å². The number of nitrogens with one attached hydrogen (secondary N) is 2. The van der Waals surface area contributed by atoms with E-state index in [2.05, 4.69) is 10.6 Å². The van der Waals surface area contributed by atoms with Crippen molar-refractivity contribution in [2.24, 2.45) is 0 Å². The molecule has 7 nitrogen and oxygen atoms in total. The molecule has 0 radical (unpaired) electrons. The number of benzene rings is 2. The molecule has 0 fully saturated rings. The number of anilines is 1. The first-order valence-corrected chi connectivity index (χ1v) is 6.44. The average Bonchev–Trinajstić information content (AvgIpc) is 2.54. The summed E-state index contributed by atoms with van der Waals surface area (Å²) in [6.07, 6.45) is -0.450. The van der Waals surface area contributed by atoms with Crippen molar-refractivity contribution in [2.45, 2.75) is 6.17 Å². The number of nitro benzene ring substituents is 1. The number of hydrogen-bond acceptors (Lipinski definition) is 5. The summed E-state index contributed by atoms with van der Waals surface area (Å²) < 4.78 is 0. The standard InChI is InChI=1S/C15H10N4O3/c16-8-9-1-3-10(4-2-9)14-17-13-6-5-11(19(21)22)7-12(13)15(20)18-14/h1-7,14,17H,(H,18,20)/t14-/m0/s1. The minimum atomic E-state index is -0.541. The molecule has 0 aliphatic carbocycles. The Morgan fingerprint density at radius 1 is 1.14 bits per heavy atom. The number of carbonyl (C=O) groups is 1. The van der Waals surface area contributed by atoms with E-state index in [1.807, 2.05) is 6.07 Å². The molecule has 0 aromatic heterocycles. The van der Waals surface area contributed by atoms with Crippen LogP contribution >= 0.6 is 0 Å². The van der Waals surface area contributed by atoms with Crippen LogP contribution in [0.3, 0.4) is 0 Å². The monoisotopic (exact) mass is 294 g/mol. The van der Waals surface area contributed by atoms with Crippen molar-refractivity contribution in [3.05, 3.63) is 69.3 Å². The third-order valence-electron chi connectivity index (χ3n) is 3.41. The van der Waals surface area contributed by atoms with E-state index < -0.39 is 11.1 Å². The average molecular weight is 294 g/mol. The summed E-state index contributed by atoms with van der Waals surface area (Å²) in [7, 11) is 0. The lowest BCUT2D eigenvalue weighted by atomic mass is 10.0. The number of non-ortho nitro benzene ring substituents is 1. The van der Waals surface area contributed by atoms with E-state index in [4.69, 9.17) is 5.26 Å². The summed E-state index contributed by atoms with van der Waals surface area (Å²) in [5, 5.41) is 25.4. The molecule has 1 atom stereocenters. The fourth-order valence-corrected chi connectivity index (χ4v) is 2.28. The van der Waals surface area contributed by atoms with Crippen LogP contribution in [0.1, 0.15) is 27.7 Å². The van der Waals surface area contributed by atoms with E-state index in [1.165, 1.54) is 18.2 Å². The quantitative estimate of drug-likeness (QED) is 0.652. The zero-order valence-corrected chi connectivity index (χ0v) is 11.2. The molecule has 2 aromatic rings. The van der Waals surface area contributed by atoms with Crippen LogP contribution in [0.15, 0.2) is 42.5 Å². The Labute approximate surface area is 125 Å². The molecule has 22 heavy (non-hydrogen) atoms. The van der Waals surface area contributed by atoms with Gasteiger partial charge in [-0.25, -0.2) is 0 Å². The molecule has 0 bridgehead atoms. The molecule has 7 heteroatoms. The lowest BCUT2D eigenvalue weighted by Gasteiger charge is -2.28. The van der Waals surface area contributed by atoms with Gasteiger partial charge in [0.1, 0.15) is 6.17 Å². The summed E-state index contributed by atoms with van der Waals surface area (Å²) in [5.41, 5.74) is 1.95. The molecule has 2 aromatic carbocycles. The second kappa shape index (κ2) is 5.18. The Bertz CT molecular complexity index is 809. The minimum Gasteiger partial charge on any atom is -0.361 e. The highest BCUT2D eigenvalue weighted by molar-refractivity contribution is 6.02.